The lowest BCUT2D eigenvalue weighted by Gasteiger charge is -2.31. The average molecular weight is 807 g/mol. The van der Waals surface area contributed by atoms with Gasteiger partial charge in [0.1, 0.15) is 0 Å². The van der Waals surface area contributed by atoms with Crippen LogP contribution in [0.2, 0.25) is 0 Å². The van der Waals surface area contributed by atoms with Crippen LogP contribution in [0, 0.1) is 11.8 Å². The topological polar surface area (TPSA) is 0 Å². The van der Waals surface area contributed by atoms with Crippen molar-refractivity contribution in [3.05, 3.63) is 221 Å². The van der Waals surface area contributed by atoms with E-state index < -0.39 is 0 Å². The Morgan fingerprint density at radius 1 is 0.349 bits per heavy atom. The monoisotopic (exact) mass is 806 g/mol. The van der Waals surface area contributed by atoms with Crippen LogP contribution < -0.4 is 0 Å². The van der Waals surface area contributed by atoms with Crippen molar-refractivity contribution < 1.29 is 0 Å². The minimum Gasteiger partial charge on any atom is -0.0767 e. The first kappa shape index (κ1) is 36.9. The fourth-order valence-corrected chi connectivity index (χ4v) is 13.1. The minimum atomic E-state index is -0.169. The Kier molecular flexibility index (Phi) is 7.41. The van der Waals surface area contributed by atoms with Gasteiger partial charge in [0.15, 0.2) is 0 Å². The Morgan fingerprint density at radius 2 is 0.905 bits per heavy atom. The molecule has 0 heterocycles. The molecule has 8 aromatic rings. The van der Waals surface area contributed by atoms with Crippen LogP contribution >= 0.6 is 0 Å². The Bertz CT molecular complexity index is 3420. The Labute approximate surface area is 371 Å². The molecule has 13 rings (SSSR count). The molecule has 0 radical (unpaired) electrons. The molecular formula is C63H50. The Balaban J connectivity index is 1.00. The zero-order valence-corrected chi connectivity index (χ0v) is 37.0. The van der Waals surface area contributed by atoms with Crippen molar-refractivity contribution in [3.63, 3.8) is 0 Å². The predicted molar refractivity (Wildman–Crippen MR) is 267 cm³/mol. The highest BCUT2D eigenvalue weighted by molar-refractivity contribution is 6.19. The smallest absolute Gasteiger partial charge is 0.0162 e. The van der Waals surface area contributed by atoms with Crippen LogP contribution in [-0.2, 0) is 16.2 Å². The SMILES string of the molecule is CC1(C)c2ccc(-c3cc4c(c5c3-c3ccccc3C5(C)C)C(C)(C)c3ccccc3-4)cc2-c2ccc(-c3c4ccccc4c(C4=CC=CC5C=CC=CC45)c4ccccc34)cc21. The Hall–Kier alpha value is -6.76. The van der Waals surface area contributed by atoms with E-state index in [1.54, 1.807) is 0 Å². The predicted octanol–water partition coefficient (Wildman–Crippen LogP) is 16.6. The number of hydrogen-bond acceptors (Lipinski definition) is 0. The van der Waals surface area contributed by atoms with E-state index in [0.29, 0.717) is 11.8 Å². The maximum atomic E-state index is 2.55. The van der Waals surface area contributed by atoms with Gasteiger partial charge < -0.3 is 0 Å². The standard InChI is InChI=1S/C63H50/c1-61(2)54-33-31-38(49-36-51-41-21-13-15-28-52(41)62(3,4)59(51)60-58(49)48-26-14-16-29-53(48)63(60,5)6)34-50(54)42-32-30-39(35-55(42)61)56-44-22-9-11-24-46(44)57(47-25-12-10-23-45(47)56)43-27-17-19-37-18-7-8-20-40(37)43/h7-37,40H,1-6H3. The number of rotatable bonds is 3. The summed E-state index contributed by atoms with van der Waals surface area (Å²) in [6, 6.07) is 53.9. The summed E-state index contributed by atoms with van der Waals surface area (Å²) in [6.07, 6.45) is 16.1. The average Bonchev–Trinajstić information content (AvgIpc) is 3.79. The van der Waals surface area contributed by atoms with E-state index in [1.807, 2.05) is 0 Å². The molecule has 63 heavy (non-hydrogen) atoms. The van der Waals surface area contributed by atoms with Gasteiger partial charge in [0.05, 0.1) is 0 Å². The van der Waals surface area contributed by atoms with Crippen molar-refractivity contribution >= 4 is 27.1 Å². The number of benzene rings is 8. The lowest BCUT2D eigenvalue weighted by molar-refractivity contribution is 0.601. The zero-order chi connectivity index (χ0) is 42.6. The molecule has 0 aliphatic heterocycles. The van der Waals surface area contributed by atoms with Gasteiger partial charge in [0.2, 0.25) is 0 Å². The van der Waals surface area contributed by atoms with Crippen LogP contribution in [0.15, 0.2) is 182 Å². The summed E-state index contributed by atoms with van der Waals surface area (Å²) in [5.74, 6) is 0.701. The van der Waals surface area contributed by atoms with Crippen LogP contribution in [0.25, 0.3) is 82.8 Å². The Morgan fingerprint density at radius 3 is 1.63 bits per heavy atom. The third-order valence-corrected chi connectivity index (χ3v) is 16.0. The van der Waals surface area contributed by atoms with Crippen LogP contribution in [-0.4, -0.2) is 0 Å². The molecule has 0 saturated heterocycles. The summed E-state index contributed by atoms with van der Waals surface area (Å²) in [5.41, 5.74) is 24.5. The maximum absolute atomic E-state index is 2.55. The number of hydrogen-bond donors (Lipinski definition) is 0. The minimum absolute atomic E-state index is 0.0959. The third kappa shape index (κ3) is 4.82. The number of allylic oxidation sites excluding steroid dienone is 8. The first-order valence-electron chi connectivity index (χ1n) is 22.9. The fourth-order valence-electron chi connectivity index (χ4n) is 13.1. The lowest BCUT2D eigenvalue weighted by atomic mass is 9.71. The summed E-state index contributed by atoms with van der Waals surface area (Å²) < 4.78 is 0. The summed E-state index contributed by atoms with van der Waals surface area (Å²) in [6.45, 7) is 14.6. The van der Waals surface area contributed by atoms with Crippen LogP contribution in [0.1, 0.15) is 80.5 Å². The third-order valence-electron chi connectivity index (χ3n) is 16.0. The first-order valence-corrected chi connectivity index (χ1v) is 22.9. The molecule has 0 heteroatoms. The van der Waals surface area contributed by atoms with Gasteiger partial charge in [-0.3, -0.25) is 0 Å². The molecule has 0 aromatic heterocycles. The largest absolute Gasteiger partial charge is 0.0767 e. The lowest BCUT2D eigenvalue weighted by Crippen LogP contribution is -2.24. The van der Waals surface area contributed by atoms with Gasteiger partial charge in [-0.25, -0.2) is 0 Å². The molecule has 5 aliphatic carbocycles. The van der Waals surface area contributed by atoms with Crippen LogP contribution in [0.3, 0.4) is 0 Å². The molecule has 0 bridgehead atoms. The molecule has 0 amide bonds. The molecule has 5 aliphatic rings. The van der Waals surface area contributed by atoms with E-state index in [9.17, 15) is 0 Å². The fraction of sp³-hybridized carbons (Fsp3) is 0.175. The van der Waals surface area contributed by atoms with Gasteiger partial charge in [0.25, 0.3) is 0 Å². The van der Waals surface area contributed by atoms with Crippen molar-refractivity contribution in [1.82, 2.24) is 0 Å². The molecule has 8 aromatic carbocycles. The zero-order valence-electron chi connectivity index (χ0n) is 37.0. The summed E-state index contributed by atoms with van der Waals surface area (Å²) in [5, 5.41) is 5.25. The maximum Gasteiger partial charge on any atom is 0.0162 e. The quantitative estimate of drug-likeness (QED) is 0.156. The highest BCUT2D eigenvalue weighted by Gasteiger charge is 2.47. The van der Waals surface area contributed by atoms with Gasteiger partial charge >= 0.3 is 0 Å². The second-order valence-corrected chi connectivity index (χ2v) is 20.3. The van der Waals surface area contributed by atoms with Crippen LogP contribution in [0.5, 0.6) is 0 Å². The molecule has 0 saturated carbocycles. The van der Waals surface area contributed by atoms with Gasteiger partial charge in [-0.2, -0.15) is 0 Å². The van der Waals surface area contributed by atoms with Crippen molar-refractivity contribution in [2.24, 2.45) is 11.8 Å². The second kappa shape index (κ2) is 12.7. The molecule has 0 N–H and O–H groups in total. The van der Waals surface area contributed by atoms with Crippen molar-refractivity contribution in [3.8, 4) is 55.6 Å². The van der Waals surface area contributed by atoms with E-state index in [-0.39, 0.29) is 16.2 Å². The van der Waals surface area contributed by atoms with Gasteiger partial charge in [-0.1, -0.05) is 205 Å². The molecule has 0 spiro atoms. The van der Waals surface area contributed by atoms with Gasteiger partial charge in [0, 0.05) is 28.1 Å². The molecule has 2 atom stereocenters. The van der Waals surface area contributed by atoms with E-state index in [1.165, 1.54) is 122 Å². The van der Waals surface area contributed by atoms with E-state index in [4.69, 9.17) is 0 Å². The molecule has 2 unspecified atom stereocenters. The molecule has 0 nitrogen and oxygen atoms in total. The normalized spacial score (nSPS) is 19.6. The molecular weight excluding hydrogens is 757 g/mol. The van der Waals surface area contributed by atoms with Gasteiger partial charge in [-0.05, 0) is 140 Å². The van der Waals surface area contributed by atoms with Crippen molar-refractivity contribution in [1.29, 1.82) is 0 Å². The summed E-state index contributed by atoms with van der Waals surface area (Å²) in [7, 11) is 0. The van der Waals surface area contributed by atoms with E-state index in [2.05, 4.69) is 224 Å². The molecule has 302 valence electrons. The van der Waals surface area contributed by atoms with Crippen LogP contribution in [0.4, 0.5) is 0 Å². The van der Waals surface area contributed by atoms with E-state index >= 15 is 0 Å². The van der Waals surface area contributed by atoms with Crippen molar-refractivity contribution in [2.75, 3.05) is 0 Å². The summed E-state index contributed by atoms with van der Waals surface area (Å²) >= 11 is 0. The second-order valence-electron chi connectivity index (χ2n) is 20.3. The number of fused-ring (bicyclic) bond motifs is 13. The van der Waals surface area contributed by atoms with E-state index in [0.717, 1.165) is 0 Å². The molecule has 0 fully saturated rings. The van der Waals surface area contributed by atoms with Crippen molar-refractivity contribution in [2.45, 2.75) is 57.8 Å². The highest BCUT2D eigenvalue weighted by atomic mass is 14.5. The van der Waals surface area contributed by atoms with Gasteiger partial charge in [-0.15, -0.1) is 0 Å². The summed E-state index contributed by atoms with van der Waals surface area (Å²) in [4.78, 5) is 0. The first-order chi connectivity index (χ1) is 30.5. The highest BCUT2D eigenvalue weighted by Crippen LogP contribution is 2.62.